The Bertz CT molecular complexity index is 234. The summed E-state index contributed by atoms with van der Waals surface area (Å²) < 4.78 is 31.5. The third-order valence-corrected chi connectivity index (χ3v) is 4.39. The average Bonchev–Trinajstić information content (AvgIpc) is 1.95. The summed E-state index contributed by atoms with van der Waals surface area (Å²) >= 11 is 0. The molecule has 0 radical (unpaired) electrons. The van der Waals surface area contributed by atoms with Gasteiger partial charge in [0.25, 0.3) is 0 Å². The number of rotatable bonds is 6. The third-order valence-electron chi connectivity index (χ3n) is 1.66. The van der Waals surface area contributed by atoms with Gasteiger partial charge in [0.15, 0.2) is 0 Å². The molecule has 1 unspecified atom stereocenters. The summed E-state index contributed by atoms with van der Waals surface area (Å²) in [6.07, 6.45) is 2.72. The van der Waals surface area contributed by atoms with Gasteiger partial charge in [0, 0.05) is 9.15 Å². The van der Waals surface area contributed by atoms with Gasteiger partial charge in [-0.15, -0.1) is 0 Å². The molecule has 8 heteroatoms. The Morgan fingerprint density at radius 1 is 1.33 bits per heavy atom. The van der Waals surface area contributed by atoms with Crippen LogP contribution in [0, 0.1) is 0 Å². The Morgan fingerprint density at radius 3 is 2.07 bits per heavy atom. The molecule has 0 aliphatic heterocycles. The van der Waals surface area contributed by atoms with E-state index >= 15 is 0 Å². The number of nitrogens with zero attached hydrogens (tertiary/aromatic N) is 1. The molecule has 0 aromatic heterocycles. The van der Waals surface area contributed by atoms with Crippen molar-refractivity contribution in [3.05, 3.63) is 0 Å². The Kier molecular flexibility index (Phi) is 16.9. The molecular formula is C7H17NNa2O3S2. The minimum atomic E-state index is -4.12. The first-order valence-corrected chi connectivity index (χ1v) is 7.19. The van der Waals surface area contributed by atoms with Crippen molar-refractivity contribution in [2.24, 2.45) is 0 Å². The second-order valence-electron chi connectivity index (χ2n) is 3.12. The molecule has 0 saturated heterocycles. The molecule has 0 aliphatic rings. The van der Waals surface area contributed by atoms with E-state index in [1.54, 1.807) is 19.0 Å². The molecule has 82 valence electrons. The number of hydrogen-bond acceptors (Lipinski definition) is 5. The fourth-order valence-corrected chi connectivity index (χ4v) is 3.49. The van der Waals surface area contributed by atoms with Crippen LogP contribution in [0.25, 0.3) is 0 Å². The molecule has 0 rings (SSSR count). The number of unbranched alkanes of at least 4 members (excludes halogenated alkanes) is 1. The van der Waals surface area contributed by atoms with Gasteiger partial charge in [0.05, 0.1) is 0 Å². The zero-order valence-corrected chi connectivity index (χ0v) is 15.9. The maximum absolute atomic E-state index is 10.5. The molecule has 0 saturated carbocycles. The largest absolute Gasteiger partial charge is 1.00 e. The molecule has 0 aromatic rings. The van der Waals surface area contributed by atoms with E-state index in [0.29, 0.717) is 0 Å². The van der Waals surface area contributed by atoms with Gasteiger partial charge in [0.2, 0.25) is 0 Å². The van der Waals surface area contributed by atoms with Gasteiger partial charge in [-0.05, 0) is 14.1 Å². The third kappa shape index (κ3) is 14.2. The normalized spacial score (nSPS) is 13.1. The Morgan fingerprint density at radius 2 is 1.80 bits per heavy atom. The van der Waals surface area contributed by atoms with Crippen molar-refractivity contribution < 1.29 is 72.1 Å². The Hall–Kier alpha value is 2.22. The maximum atomic E-state index is 10.5. The summed E-state index contributed by atoms with van der Waals surface area (Å²) in [6, 6.07) is 0. The van der Waals surface area contributed by atoms with Crippen LogP contribution in [-0.2, 0) is 19.9 Å². The SMILES string of the molecule is CCCCC([SH-]S(=O)(=O)[O-])N(C)C.[Na+].[Na+]. The molecular weight excluding hydrogens is 256 g/mol. The summed E-state index contributed by atoms with van der Waals surface area (Å²) in [5, 5.41) is -0.164. The molecule has 15 heavy (non-hydrogen) atoms. The van der Waals surface area contributed by atoms with Gasteiger partial charge < -0.3 is 20.2 Å². The van der Waals surface area contributed by atoms with E-state index < -0.39 is 9.15 Å². The second kappa shape index (κ2) is 11.3. The molecule has 0 aromatic carbocycles. The average molecular weight is 273 g/mol. The summed E-state index contributed by atoms with van der Waals surface area (Å²) in [4.78, 5) is 1.78. The zero-order chi connectivity index (χ0) is 10.5. The minimum Gasteiger partial charge on any atom is -0.766 e. The Balaban J connectivity index is -0.000000720. The molecule has 0 N–H and O–H groups in total. The van der Waals surface area contributed by atoms with Crippen LogP contribution < -0.4 is 59.1 Å². The van der Waals surface area contributed by atoms with Crippen molar-refractivity contribution in [3.8, 4) is 0 Å². The van der Waals surface area contributed by atoms with E-state index in [1.807, 2.05) is 6.92 Å². The van der Waals surface area contributed by atoms with Gasteiger partial charge in [-0.3, -0.25) is 8.42 Å². The van der Waals surface area contributed by atoms with Crippen molar-refractivity contribution in [1.82, 2.24) is 4.90 Å². The summed E-state index contributed by atoms with van der Waals surface area (Å²) in [5.41, 5.74) is 0. The van der Waals surface area contributed by atoms with Gasteiger partial charge in [-0.2, -0.15) is 0 Å². The van der Waals surface area contributed by atoms with Crippen molar-refractivity contribution in [2.75, 3.05) is 14.1 Å². The second-order valence-corrected chi connectivity index (χ2v) is 6.76. The van der Waals surface area contributed by atoms with Crippen LogP contribution in [0.3, 0.4) is 0 Å². The van der Waals surface area contributed by atoms with Crippen molar-refractivity contribution >= 4 is 19.9 Å². The smallest absolute Gasteiger partial charge is 0.766 e. The first-order valence-electron chi connectivity index (χ1n) is 4.21. The fraction of sp³-hybridized carbons (Fsp3) is 1.00. The summed E-state index contributed by atoms with van der Waals surface area (Å²) in [6.45, 7) is 2.04. The number of thiol groups is 1. The van der Waals surface area contributed by atoms with Crippen molar-refractivity contribution in [1.29, 1.82) is 0 Å². The van der Waals surface area contributed by atoms with Crippen molar-refractivity contribution in [3.63, 3.8) is 0 Å². The zero-order valence-electron chi connectivity index (χ0n) is 10.2. The number of hydrogen-bond donors (Lipinski definition) is 0. The molecule has 1 atom stereocenters. The van der Waals surface area contributed by atoms with E-state index in [1.165, 1.54) is 0 Å². The van der Waals surface area contributed by atoms with Crippen molar-refractivity contribution in [2.45, 2.75) is 31.6 Å². The van der Waals surface area contributed by atoms with E-state index in [0.717, 1.165) is 19.3 Å². The van der Waals surface area contributed by atoms with E-state index in [2.05, 4.69) is 0 Å². The monoisotopic (exact) mass is 273 g/mol. The quantitative estimate of drug-likeness (QED) is 0.159. The Labute approximate surface area is 141 Å². The van der Waals surface area contributed by atoms with Crippen LogP contribution in [0.5, 0.6) is 0 Å². The van der Waals surface area contributed by atoms with Crippen LogP contribution >= 0.6 is 0 Å². The maximum Gasteiger partial charge on any atom is 1.00 e. The first kappa shape index (κ1) is 22.4. The summed E-state index contributed by atoms with van der Waals surface area (Å²) in [7, 11) is -0.559. The first-order chi connectivity index (χ1) is 5.87. The molecule has 0 fully saturated rings. The van der Waals surface area contributed by atoms with E-state index in [-0.39, 0.29) is 75.3 Å². The standard InChI is InChI=1S/C7H18NO3S2.2Na/c1-4-5-6-7(8(2)3)12-13(9,10)11;;/h7,12H,4-6H2,1-3H3,(H,9,10,11);;/q-1;2*+1/p-1. The van der Waals surface area contributed by atoms with Crippen LogP contribution in [0.15, 0.2) is 0 Å². The predicted octanol–water partition coefficient (Wildman–Crippen LogP) is -5.65. The van der Waals surface area contributed by atoms with Crippen LogP contribution in [-0.4, -0.2) is 37.3 Å². The van der Waals surface area contributed by atoms with E-state index in [9.17, 15) is 13.0 Å². The van der Waals surface area contributed by atoms with Gasteiger partial charge in [0.1, 0.15) is 0 Å². The molecule has 4 nitrogen and oxygen atoms in total. The van der Waals surface area contributed by atoms with Crippen LogP contribution in [0.4, 0.5) is 0 Å². The van der Waals surface area contributed by atoms with Gasteiger partial charge in [-0.1, -0.05) is 31.6 Å². The van der Waals surface area contributed by atoms with Crippen LogP contribution in [0.1, 0.15) is 26.2 Å². The predicted molar refractivity (Wildman–Crippen MR) is 55.5 cm³/mol. The summed E-state index contributed by atoms with van der Waals surface area (Å²) in [5.74, 6) is 0. The topological polar surface area (TPSA) is 60.4 Å². The molecule has 0 heterocycles. The van der Waals surface area contributed by atoms with Gasteiger partial charge in [-0.25, -0.2) is 0 Å². The van der Waals surface area contributed by atoms with Crippen LogP contribution in [0.2, 0.25) is 0 Å². The van der Waals surface area contributed by atoms with Gasteiger partial charge >= 0.3 is 59.1 Å². The molecule has 0 aliphatic carbocycles. The van der Waals surface area contributed by atoms with E-state index in [4.69, 9.17) is 0 Å². The minimum absolute atomic E-state index is 0. The molecule has 0 bridgehead atoms. The molecule has 0 amide bonds. The fourth-order valence-electron chi connectivity index (χ4n) is 0.941. The molecule has 0 spiro atoms.